The fourth-order valence-electron chi connectivity index (χ4n) is 3.15. The summed E-state index contributed by atoms with van der Waals surface area (Å²) in [7, 11) is -1.03. The second kappa shape index (κ2) is 10.5. The molecule has 0 aliphatic carbocycles. The van der Waals surface area contributed by atoms with E-state index in [2.05, 4.69) is 5.32 Å². The lowest BCUT2D eigenvalue weighted by Crippen LogP contribution is -2.37. The van der Waals surface area contributed by atoms with Gasteiger partial charge in [-0.2, -0.15) is 4.31 Å². The fourth-order valence-corrected chi connectivity index (χ4v) is 4.54. The molecular formula is C24H25FN2O5S. The fraction of sp³-hybridized carbons (Fsp3) is 0.208. The number of rotatable bonds is 9. The van der Waals surface area contributed by atoms with Crippen molar-refractivity contribution >= 4 is 21.6 Å². The number of sulfonamides is 1. The Morgan fingerprint density at radius 3 is 2.18 bits per heavy atom. The molecule has 0 spiro atoms. The summed E-state index contributed by atoms with van der Waals surface area (Å²) in [4.78, 5) is 12.9. The molecule has 0 bridgehead atoms. The van der Waals surface area contributed by atoms with Crippen LogP contribution in [0.3, 0.4) is 0 Å². The van der Waals surface area contributed by atoms with Gasteiger partial charge in [0.25, 0.3) is 0 Å². The number of hydrogen-bond donors (Lipinski definition) is 1. The Hall–Kier alpha value is -3.43. The molecule has 0 unspecified atom stereocenters. The third kappa shape index (κ3) is 6.09. The number of carbonyl (C=O) groups excluding carboxylic acids is 1. The van der Waals surface area contributed by atoms with E-state index in [1.165, 1.54) is 50.6 Å². The SMILES string of the molecule is COc1ccc(NC(=O)CN(Cc2ccc(F)cc2)S(=O)(=O)c2ccc(C)cc2)cc1OC. The highest BCUT2D eigenvalue weighted by Gasteiger charge is 2.27. The molecular weight excluding hydrogens is 447 g/mol. The Labute approximate surface area is 192 Å². The molecule has 7 nitrogen and oxygen atoms in total. The van der Waals surface area contributed by atoms with Crippen molar-refractivity contribution in [3.63, 3.8) is 0 Å². The molecule has 0 aliphatic heterocycles. The van der Waals surface area contributed by atoms with Crippen LogP contribution in [-0.2, 0) is 21.4 Å². The number of benzene rings is 3. The van der Waals surface area contributed by atoms with Crippen molar-refractivity contribution in [2.75, 3.05) is 26.1 Å². The molecule has 0 aliphatic rings. The molecule has 0 aromatic heterocycles. The molecule has 0 heterocycles. The van der Waals surface area contributed by atoms with Gasteiger partial charge in [0.15, 0.2) is 11.5 Å². The molecule has 3 aromatic carbocycles. The molecule has 3 rings (SSSR count). The van der Waals surface area contributed by atoms with Gasteiger partial charge >= 0.3 is 0 Å². The molecule has 174 valence electrons. The molecule has 1 N–H and O–H groups in total. The molecule has 33 heavy (non-hydrogen) atoms. The minimum Gasteiger partial charge on any atom is -0.493 e. The zero-order valence-corrected chi connectivity index (χ0v) is 19.4. The number of halogens is 1. The number of hydrogen-bond acceptors (Lipinski definition) is 5. The van der Waals surface area contributed by atoms with Crippen LogP contribution < -0.4 is 14.8 Å². The van der Waals surface area contributed by atoms with Crippen LogP contribution in [0, 0.1) is 12.7 Å². The van der Waals surface area contributed by atoms with Crippen LogP contribution in [0.1, 0.15) is 11.1 Å². The summed E-state index contributed by atoms with van der Waals surface area (Å²) < 4.78 is 51.4. The number of aryl methyl sites for hydroxylation is 1. The van der Waals surface area contributed by atoms with Gasteiger partial charge < -0.3 is 14.8 Å². The van der Waals surface area contributed by atoms with Crippen molar-refractivity contribution < 1.29 is 27.1 Å². The zero-order chi connectivity index (χ0) is 24.0. The van der Waals surface area contributed by atoms with Gasteiger partial charge in [-0.3, -0.25) is 4.79 Å². The average molecular weight is 473 g/mol. The summed E-state index contributed by atoms with van der Waals surface area (Å²) in [5.74, 6) is -0.0564. The monoisotopic (exact) mass is 472 g/mol. The first kappa shape index (κ1) is 24.2. The molecule has 3 aromatic rings. The number of carbonyl (C=O) groups is 1. The predicted molar refractivity (Wildman–Crippen MR) is 123 cm³/mol. The van der Waals surface area contributed by atoms with Crippen LogP contribution in [0.2, 0.25) is 0 Å². The van der Waals surface area contributed by atoms with Crippen LogP contribution in [-0.4, -0.2) is 39.4 Å². The average Bonchev–Trinajstić information content (AvgIpc) is 2.80. The molecule has 0 fully saturated rings. The van der Waals surface area contributed by atoms with Crippen molar-refractivity contribution in [1.29, 1.82) is 0 Å². The van der Waals surface area contributed by atoms with Gasteiger partial charge in [-0.15, -0.1) is 0 Å². The Kier molecular flexibility index (Phi) is 7.67. The van der Waals surface area contributed by atoms with E-state index in [9.17, 15) is 17.6 Å². The summed E-state index contributed by atoms with van der Waals surface area (Å²) in [6, 6.07) is 16.7. The third-order valence-corrected chi connectivity index (χ3v) is 6.72. The van der Waals surface area contributed by atoms with E-state index in [-0.39, 0.29) is 11.4 Å². The van der Waals surface area contributed by atoms with E-state index in [4.69, 9.17) is 9.47 Å². The third-order valence-electron chi connectivity index (χ3n) is 4.92. The van der Waals surface area contributed by atoms with Crippen molar-refractivity contribution in [3.05, 3.63) is 83.7 Å². The van der Waals surface area contributed by atoms with Crippen molar-refractivity contribution in [1.82, 2.24) is 4.31 Å². The van der Waals surface area contributed by atoms with E-state index in [0.29, 0.717) is 22.7 Å². The van der Waals surface area contributed by atoms with Crippen LogP contribution in [0.5, 0.6) is 11.5 Å². The van der Waals surface area contributed by atoms with Crippen LogP contribution >= 0.6 is 0 Å². The lowest BCUT2D eigenvalue weighted by atomic mass is 10.2. The van der Waals surface area contributed by atoms with Gasteiger partial charge in [-0.1, -0.05) is 29.8 Å². The summed E-state index contributed by atoms with van der Waals surface area (Å²) in [6.45, 7) is 1.31. The highest BCUT2D eigenvalue weighted by molar-refractivity contribution is 7.89. The van der Waals surface area contributed by atoms with E-state index >= 15 is 0 Å². The van der Waals surface area contributed by atoms with E-state index in [1.54, 1.807) is 30.3 Å². The van der Waals surface area contributed by atoms with Crippen LogP contribution in [0.4, 0.5) is 10.1 Å². The van der Waals surface area contributed by atoms with E-state index in [0.717, 1.165) is 9.87 Å². The van der Waals surface area contributed by atoms with Crippen molar-refractivity contribution in [3.8, 4) is 11.5 Å². The van der Waals surface area contributed by atoms with Gasteiger partial charge in [0.05, 0.1) is 25.7 Å². The second-order valence-corrected chi connectivity index (χ2v) is 9.27. The zero-order valence-electron chi connectivity index (χ0n) is 18.5. The lowest BCUT2D eigenvalue weighted by Gasteiger charge is -2.22. The summed E-state index contributed by atoms with van der Waals surface area (Å²) in [5.41, 5.74) is 1.88. The smallest absolute Gasteiger partial charge is 0.243 e. The topological polar surface area (TPSA) is 84.9 Å². The minimum absolute atomic E-state index is 0.0640. The highest BCUT2D eigenvalue weighted by Crippen LogP contribution is 2.29. The van der Waals surface area contributed by atoms with E-state index < -0.39 is 28.3 Å². The second-order valence-electron chi connectivity index (χ2n) is 7.33. The maximum Gasteiger partial charge on any atom is 0.243 e. The number of ether oxygens (including phenoxy) is 2. The number of nitrogens with one attached hydrogen (secondary N) is 1. The standard InChI is InChI=1S/C24H25FN2O5S/c1-17-4-11-21(12-5-17)33(29,30)27(15-18-6-8-19(25)9-7-18)16-24(28)26-20-10-13-22(31-2)23(14-20)32-3/h4-14H,15-16H2,1-3H3,(H,26,28). The molecule has 1 amide bonds. The van der Waals surface area contributed by atoms with Gasteiger partial charge in [-0.05, 0) is 48.9 Å². The first-order valence-electron chi connectivity index (χ1n) is 10.1. The van der Waals surface area contributed by atoms with E-state index in [1.807, 2.05) is 6.92 Å². The lowest BCUT2D eigenvalue weighted by molar-refractivity contribution is -0.116. The number of methoxy groups -OCH3 is 2. The molecule has 0 saturated heterocycles. The largest absolute Gasteiger partial charge is 0.493 e. The number of anilines is 1. The quantitative estimate of drug-likeness (QED) is 0.509. The Morgan fingerprint density at radius 1 is 0.939 bits per heavy atom. The highest BCUT2D eigenvalue weighted by atomic mass is 32.2. The Bertz CT molecular complexity index is 1210. The predicted octanol–water partition coefficient (Wildman–Crippen LogP) is 3.98. The number of amides is 1. The maximum atomic E-state index is 13.3. The first-order valence-corrected chi connectivity index (χ1v) is 11.5. The molecule has 9 heteroatoms. The van der Waals surface area contributed by atoms with Crippen molar-refractivity contribution in [2.24, 2.45) is 0 Å². The summed E-state index contributed by atoms with van der Waals surface area (Å²) in [6.07, 6.45) is 0. The molecule has 0 radical (unpaired) electrons. The van der Waals surface area contributed by atoms with Gasteiger partial charge in [0, 0.05) is 18.3 Å². The molecule has 0 saturated carbocycles. The van der Waals surface area contributed by atoms with Gasteiger partial charge in [0.1, 0.15) is 5.82 Å². The minimum atomic E-state index is -4.00. The summed E-state index contributed by atoms with van der Waals surface area (Å²) in [5, 5.41) is 2.69. The van der Waals surface area contributed by atoms with Crippen LogP contribution in [0.25, 0.3) is 0 Å². The Balaban J connectivity index is 1.86. The molecule has 0 atom stereocenters. The van der Waals surface area contributed by atoms with Gasteiger partial charge in [0.2, 0.25) is 15.9 Å². The number of nitrogens with zero attached hydrogens (tertiary/aromatic N) is 1. The normalized spacial score (nSPS) is 11.3. The van der Waals surface area contributed by atoms with Gasteiger partial charge in [-0.25, -0.2) is 12.8 Å². The summed E-state index contributed by atoms with van der Waals surface area (Å²) >= 11 is 0. The Morgan fingerprint density at radius 2 is 1.58 bits per heavy atom. The van der Waals surface area contributed by atoms with Crippen molar-refractivity contribution in [2.45, 2.75) is 18.4 Å². The maximum absolute atomic E-state index is 13.3. The first-order chi connectivity index (χ1) is 15.7. The van der Waals surface area contributed by atoms with Crippen LogP contribution in [0.15, 0.2) is 71.6 Å².